The average molecular weight is 394 g/mol. The van der Waals surface area contributed by atoms with Crippen LogP contribution in [0.5, 0.6) is 0 Å². The molecule has 0 spiro atoms. The largest absolute Gasteiger partial charge is 0.360 e. The van der Waals surface area contributed by atoms with Gasteiger partial charge < -0.3 is 14.4 Å². The Hall–Kier alpha value is -3.16. The van der Waals surface area contributed by atoms with Gasteiger partial charge >= 0.3 is 5.69 Å². The van der Waals surface area contributed by atoms with E-state index in [1.807, 2.05) is 0 Å². The fraction of sp³-hybridized carbons (Fsp3) is 0.429. The molecular weight excluding hydrogens is 372 g/mol. The molecule has 5 rings (SSSR count). The lowest BCUT2D eigenvalue weighted by atomic mass is 9.95. The van der Waals surface area contributed by atoms with Crippen molar-refractivity contribution in [1.29, 1.82) is 0 Å². The van der Waals surface area contributed by atoms with E-state index in [2.05, 4.69) is 10.1 Å². The van der Waals surface area contributed by atoms with E-state index in [9.17, 15) is 14.4 Å². The molecule has 1 aromatic carbocycles. The van der Waals surface area contributed by atoms with Crippen LogP contribution in [0.1, 0.15) is 53.5 Å². The van der Waals surface area contributed by atoms with Crippen LogP contribution in [0.2, 0.25) is 0 Å². The van der Waals surface area contributed by atoms with E-state index in [1.54, 1.807) is 29.2 Å². The first-order valence-electron chi connectivity index (χ1n) is 10.1. The molecule has 3 heterocycles. The SMILES string of the molecule is O=C(c1noc2c1CCCC2)N1CCC(n2c(=O)[nH]c3ccccc3c2=O)CC1. The molecule has 8 heteroatoms. The number of carbonyl (C=O) groups excluding carboxylic acids is 1. The first-order valence-corrected chi connectivity index (χ1v) is 10.1. The summed E-state index contributed by atoms with van der Waals surface area (Å²) in [5.74, 6) is 0.721. The molecule has 1 aliphatic heterocycles. The average Bonchev–Trinajstić information content (AvgIpc) is 3.18. The molecule has 2 aliphatic rings. The number of nitrogens with one attached hydrogen (secondary N) is 1. The van der Waals surface area contributed by atoms with E-state index in [-0.39, 0.29) is 17.5 Å². The van der Waals surface area contributed by atoms with Crippen LogP contribution in [0, 0.1) is 0 Å². The van der Waals surface area contributed by atoms with E-state index < -0.39 is 5.69 Å². The normalized spacial score (nSPS) is 17.4. The van der Waals surface area contributed by atoms with Gasteiger partial charge in [-0.05, 0) is 44.2 Å². The molecule has 3 aromatic rings. The number of fused-ring (bicyclic) bond motifs is 2. The summed E-state index contributed by atoms with van der Waals surface area (Å²) < 4.78 is 6.68. The number of aromatic amines is 1. The fourth-order valence-corrected chi connectivity index (χ4v) is 4.54. The number of aryl methyl sites for hydroxylation is 1. The van der Waals surface area contributed by atoms with Gasteiger partial charge in [-0.15, -0.1) is 0 Å². The molecule has 1 amide bonds. The van der Waals surface area contributed by atoms with Crippen molar-refractivity contribution in [3.63, 3.8) is 0 Å². The van der Waals surface area contributed by atoms with E-state index in [0.717, 1.165) is 37.0 Å². The molecule has 1 aliphatic carbocycles. The first kappa shape index (κ1) is 17.9. The molecule has 0 atom stereocenters. The van der Waals surface area contributed by atoms with Crippen molar-refractivity contribution in [2.75, 3.05) is 13.1 Å². The highest BCUT2D eigenvalue weighted by atomic mass is 16.5. The van der Waals surface area contributed by atoms with E-state index >= 15 is 0 Å². The van der Waals surface area contributed by atoms with Gasteiger partial charge in [-0.3, -0.25) is 14.2 Å². The topological polar surface area (TPSA) is 101 Å². The first-order chi connectivity index (χ1) is 14.1. The summed E-state index contributed by atoms with van der Waals surface area (Å²) in [4.78, 5) is 42.9. The summed E-state index contributed by atoms with van der Waals surface area (Å²) >= 11 is 0. The van der Waals surface area contributed by atoms with Crippen LogP contribution in [0.25, 0.3) is 10.9 Å². The van der Waals surface area contributed by atoms with Crippen molar-refractivity contribution in [3.8, 4) is 0 Å². The molecular formula is C21H22N4O4. The van der Waals surface area contributed by atoms with Crippen molar-refractivity contribution in [2.45, 2.75) is 44.6 Å². The number of amides is 1. The minimum atomic E-state index is -0.399. The molecule has 150 valence electrons. The van der Waals surface area contributed by atoms with Gasteiger partial charge in [0.1, 0.15) is 5.76 Å². The smallest absolute Gasteiger partial charge is 0.329 e. The quantitative estimate of drug-likeness (QED) is 0.717. The van der Waals surface area contributed by atoms with E-state index in [0.29, 0.717) is 42.5 Å². The zero-order valence-corrected chi connectivity index (χ0v) is 16.0. The predicted octanol–water partition coefficient (Wildman–Crippen LogP) is 2.03. The van der Waals surface area contributed by atoms with Crippen LogP contribution < -0.4 is 11.2 Å². The lowest BCUT2D eigenvalue weighted by Gasteiger charge is -2.32. The summed E-state index contributed by atoms with van der Waals surface area (Å²) in [6.45, 7) is 0.952. The van der Waals surface area contributed by atoms with Crippen LogP contribution in [0.4, 0.5) is 0 Å². The van der Waals surface area contributed by atoms with Crippen LogP contribution in [-0.2, 0) is 12.8 Å². The molecule has 0 bridgehead atoms. The highest BCUT2D eigenvalue weighted by Crippen LogP contribution is 2.27. The third-order valence-corrected chi connectivity index (χ3v) is 6.11. The Bertz CT molecular complexity index is 1200. The molecule has 29 heavy (non-hydrogen) atoms. The van der Waals surface area contributed by atoms with Crippen molar-refractivity contribution >= 4 is 16.8 Å². The summed E-state index contributed by atoms with van der Waals surface area (Å²) in [7, 11) is 0. The van der Waals surface area contributed by atoms with Gasteiger partial charge in [0.15, 0.2) is 5.69 Å². The van der Waals surface area contributed by atoms with Gasteiger partial charge in [-0.25, -0.2) is 4.79 Å². The molecule has 0 radical (unpaired) electrons. The maximum atomic E-state index is 13.0. The van der Waals surface area contributed by atoms with Crippen molar-refractivity contribution in [2.24, 2.45) is 0 Å². The fourth-order valence-electron chi connectivity index (χ4n) is 4.54. The van der Waals surface area contributed by atoms with Gasteiger partial charge in [-0.1, -0.05) is 17.3 Å². The van der Waals surface area contributed by atoms with Crippen LogP contribution in [0.3, 0.4) is 0 Å². The summed E-state index contributed by atoms with van der Waals surface area (Å²) in [6.07, 6.45) is 4.88. The molecule has 1 N–H and O–H groups in total. The van der Waals surface area contributed by atoms with E-state index in [4.69, 9.17) is 4.52 Å². The second-order valence-electron chi connectivity index (χ2n) is 7.81. The summed E-state index contributed by atoms with van der Waals surface area (Å²) in [6, 6.07) is 6.78. The van der Waals surface area contributed by atoms with Crippen molar-refractivity contribution in [3.05, 3.63) is 62.1 Å². The Morgan fingerprint density at radius 1 is 1.10 bits per heavy atom. The van der Waals surface area contributed by atoms with Gasteiger partial charge in [0.25, 0.3) is 11.5 Å². The molecule has 0 saturated carbocycles. The van der Waals surface area contributed by atoms with Gasteiger partial charge in [0.05, 0.1) is 10.9 Å². The van der Waals surface area contributed by atoms with Crippen LogP contribution >= 0.6 is 0 Å². The van der Waals surface area contributed by atoms with Gasteiger partial charge in [0, 0.05) is 31.1 Å². The molecule has 1 fully saturated rings. The monoisotopic (exact) mass is 394 g/mol. The minimum absolute atomic E-state index is 0.116. The Morgan fingerprint density at radius 2 is 1.86 bits per heavy atom. The zero-order chi connectivity index (χ0) is 20.0. The van der Waals surface area contributed by atoms with Gasteiger partial charge in [0.2, 0.25) is 0 Å². The Kier molecular flexibility index (Phi) is 4.34. The van der Waals surface area contributed by atoms with Crippen LogP contribution in [-0.4, -0.2) is 38.6 Å². The predicted molar refractivity (Wildman–Crippen MR) is 106 cm³/mol. The minimum Gasteiger partial charge on any atom is -0.360 e. The van der Waals surface area contributed by atoms with Gasteiger partial charge in [-0.2, -0.15) is 0 Å². The lowest BCUT2D eigenvalue weighted by molar-refractivity contribution is 0.0680. The second kappa shape index (κ2) is 7.02. The number of hydrogen-bond acceptors (Lipinski definition) is 5. The van der Waals surface area contributed by atoms with Crippen LogP contribution in [0.15, 0.2) is 38.4 Å². The van der Waals surface area contributed by atoms with Crippen molar-refractivity contribution < 1.29 is 9.32 Å². The summed E-state index contributed by atoms with van der Waals surface area (Å²) in [5, 5.41) is 4.54. The second-order valence-corrected chi connectivity index (χ2v) is 7.81. The number of likely N-dealkylation sites (tertiary alicyclic amines) is 1. The number of H-pyrrole nitrogens is 1. The molecule has 2 aromatic heterocycles. The number of carbonyl (C=O) groups is 1. The Morgan fingerprint density at radius 3 is 2.69 bits per heavy atom. The maximum absolute atomic E-state index is 13.0. The highest BCUT2D eigenvalue weighted by molar-refractivity contribution is 5.94. The third-order valence-electron chi connectivity index (χ3n) is 6.11. The number of aromatic nitrogens is 3. The van der Waals surface area contributed by atoms with E-state index in [1.165, 1.54) is 4.57 Å². The molecule has 1 saturated heterocycles. The number of rotatable bonds is 2. The third kappa shape index (κ3) is 2.99. The zero-order valence-electron chi connectivity index (χ0n) is 16.0. The lowest BCUT2D eigenvalue weighted by Crippen LogP contribution is -2.45. The Labute approximate surface area is 166 Å². The molecule has 0 unspecified atom stereocenters. The highest BCUT2D eigenvalue weighted by Gasteiger charge is 2.31. The van der Waals surface area contributed by atoms with Crippen molar-refractivity contribution in [1.82, 2.24) is 19.6 Å². The number of benzene rings is 1. The molecule has 8 nitrogen and oxygen atoms in total. The number of piperidine rings is 1. The maximum Gasteiger partial charge on any atom is 0.329 e. The summed E-state index contributed by atoms with van der Waals surface area (Å²) in [5.41, 5.74) is 1.25. The standard InChI is InChI=1S/C21H22N4O4/c26-19-14-5-1-3-7-16(14)22-21(28)25(19)13-9-11-24(12-10-13)20(27)18-15-6-2-4-8-17(15)29-23-18/h1,3,5,7,13H,2,4,6,8-12H2,(H,22,28). The Balaban J connectivity index is 1.37. The number of hydrogen-bond donors (Lipinski definition) is 1. The number of para-hydroxylation sites is 1. The number of nitrogens with zero attached hydrogens (tertiary/aromatic N) is 3.